The summed E-state index contributed by atoms with van der Waals surface area (Å²) in [5.74, 6) is 0. The first-order valence-electron chi connectivity index (χ1n) is 8.64. The molecule has 0 spiro atoms. The first-order chi connectivity index (χ1) is 11.8. The molecule has 1 aromatic heterocycles. The van der Waals surface area contributed by atoms with E-state index < -0.39 is 5.60 Å². The van der Waals surface area contributed by atoms with E-state index in [0.29, 0.717) is 13.1 Å². The molecule has 1 N–H and O–H groups in total. The summed E-state index contributed by atoms with van der Waals surface area (Å²) in [5.41, 5.74) is 2.62. The molecule has 25 heavy (non-hydrogen) atoms. The van der Waals surface area contributed by atoms with Crippen molar-refractivity contribution in [1.82, 2.24) is 4.90 Å². The van der Waals surface area contributed by atoms with Crippen molar-refractivity contribution in [2.75, 3.05) is 11.9 Å². The predicted molar refractivity (Wildman–Crippen MR) is 99.5 cm³/mol. The Balaban J connectivity index is 2.12. The predicted octanol–water partition coefficient (Wildman–Crippen LogP) is 5.21. The lowest BCUT2D eigenvalue weighted by molar-refractivity contribution is 0.0245. The van der Waals surface area contributed by atoms with Crippen LogP contribution in [-0.4, -0.2) is 23.1 Å². The number of nitrogens with one attached hydrogen (secondary N) is 1. The highest BCUT2D eigenvalue weighted by Crippen LogP contribution is 2.24. The van der Waals surface area contributed by atoms with Crippen LogP contribution >= 0.6 is 0 Å². The number of ether oxygens (including phenoxy) is 1. The van der Waals surface area contributed by atoms with Crippen molar-refractivity contribution in [3.8, 4) is 0 Å². The number of anilines is 1. The molecular weight excluding hydrogens is 316 g/mol. The van der Waals surface area contributed by atoms with Gasteiger partial charge in [-0.3, -0.25) is 0 Å². The van der Waals surface area contributed by atoms with Gasteiger partial charge in [-0.25, -0.2) is 4.79 Å². The maximum absolute atomic E-state index is 12.4. The van der Waals surface area contributed by atoms with Gasteiger partial charge in [0.1, 0.15) is 5.60 Å². The Kier molecular flexibility index (Phi) is 6.12. The third-order valence-corrected chi connectivity index (χ3v) is 3.83. The minimum absolute atomic E-state index is 0.108. The van der Waals surface area contributed by atoms with Crippen molar-refractivity contribution < 1.29 is 13.9 Å². The van der Waals surface area contributed by atoms with Crippen LogP contribution in [0.4, 0.5) is 10.5 Å². The third kappa shape index (κ3) is 5.55. The summed E-state index contributed by atoms with van der Waals surface area (Å²) in [5, 5.41) is 3.49. The van der Waals surface area contributed by atoms with Crippen LogP contribution in [0.5, 0.6) is 0 Å². The Morgan fingerprint density at radius 2 is 2.00 bits per heavy atom. The summed E-state index contributed by atoms with van der Waals surface area (Å²) < 4.78 is 10.7. The van der Waals surface area contributed by atoms with Crippen LogP contribution in [0.3, 0.4) is 0 Å². The SMILES string of the molecule is CCN(Cc1ccccc1NC(C)c1ccoc1)C(=O)OC(C)(C)C. The Bertz CT molecular complexity index is 674. The molecule has 0 radical (unpaired) electrons. The van der Waals surface area contributed by atoms with Crippen molar-refractivity contribution in [3.63, 3.8) is 0 Å². The van der Waals surface area contributed by atoms with Crippen LogP contribution in [-0.2, 0) is 11.3 Å². The van der Waals surface area contributed by atoms with Crippen molar-refractivity contribution in [2.45, 2.75) is 52.8 Å². The monoisotopic (exact) mass is 344 g/mol. The lowest BCUT2D eigenvalue weighted by Gasteiger charge is -2.27. The Morgan fingerprint density at radius 3 is 2.60 bits per heavy atom. The van der Waals surface area contributed by atoms with E-state index in [4.69, 9.17) is 9.15 Å². The molecule has 1 atom stereocenters. The summed E-state index contributed by atoms with van der Waals surface area (Å²) in [6, 6.07) is 10.1. The summed E-state index contributed by atoms with van der Waals surface area (Å²) in [6.45, 7) is 10.7. The topological polar surface area (TPSA) is 54.7 Å². The summed E-state index contributed by atoms with van der Waals surface area (Å²) in [6.07, 6.45) is 3.10. The molecule has 0 bridgehead atoms. The van der Waals surface area contributed by atoms with Crippen LogP contribution in [0.2, 0.25) is 0 Å². The first kappa shape index (κ1) is 18.9. The molecule has 0 saturated heterocycles. The van der Waals surface area contributed by atoms with E-state index in [1.54, 1.807) is 17.4 Å². The van der Waals surface area contributed by atoms with E-state index in [0.717, 1.165) is 16.8 Å². The van der Waals surface area contributed by atoms with Crippen LogP contribution in [0, 0.1) is 0 Å². The number of para-hydroxylation sites is 1. The van der Waals surface area contributed by atoms with Gasteiger partial charge >= 0.3 is 6.09 Å². The summed E-state index contributed by atoms with van der Waals surface area (Å²) >= 11 is 0. The van der Waals surface area contributed by atoms with Crippen molar-refractivity contribution >= 4 is 11.8 Å². The number of furan rings is 1. The number of rotatable bonds is 6. The van der Waals surface area contributed by atoms with Crippen LogP contribution in [0.25, 0.3) is 0 Å². The second kappa shape index (κ2) is 8.10. The number of nitrogens with zero attached hydrogens (tertiary/aromatic N) is 1. The number of benzene rings is 1. The van der Waals surface area contributed by atoms with Crippen LogP contribution in [0.1, 0.15) is 51.8 Å². The molecule has 2 rings (SSSR count). The fourth-order valence-electron chi connectivity index (χ4n) is 2.47. The Hall–Kier alpha value is -2.43. The van der Waals surface area contributed by atoms with Gasteiger partial charge in [0.15, 0.2) is 0 Å². The molecule has 5 heteroatoms. The van der Waals surface area contributed by atoms with Gasteiger partial charge in [0.05, 0.1) is 25.1 Å². The lowest BCUT2D eigenvalue weighted by Crippen LogP contribution is -2.36. The normalized spacial score (nSPS) is 12.5. The van der Waals surface area contributed by atoms with E-state index in [1.165, 1.54) is 0 Å². The minimum Gasteiger partial charge on any atom is -0.472 e. The second-order valence-corrected chi connectivity index (χ2v) is 7.07. The van der Waals surface area contributed by atoms with E-state index >= 15 is 0 Å². The number of carbonyl (C=O) groups excluding carboxylic acids is 1. The van der Waals surface area contributed by atoms with Gasteiger partial charge in [-0.2, -0.15) is 0 Å². The van der Waals surface area contributed by atoms with Gasteiger partial charge < -0.3 is 19.4 Å². The molecule has 0 fully saturated rings. The van der Waals surface area contributed by atoms with Gasteiger partial charge in [0, 0.05) is 17.8 Å². The molecule has 0 aliphatic carbocycles. The van der Waals surface area contributed by atoms with E-state index in [2.05, 4.69) is 12.2 Å². The molecule has 1 heterocycles. The molecule has 1 amide bonds. The molecule has 1 unspecified atom stereocenters. The van der Waals surface area contributed by atoms with E-state index in [9.17, 15) is 4.79 Å². The highest BCUT2D eigenvalue weighted by Gasteiger charge is 2.22. The number of hydrogen-bond acceptors (Lipinski definition) is 4. The summed E-state index contributed by atoms with van der Waals surface area (Å²) in [4.78, 5) is 14.1. The van der Waals surface area contributed by atoms with Crippen molar-refractivity contribution in [1.29, 1.82) is 0 Å². The molecular formula is C20H28N2O3. The third-order valence-electron chi connectivity index (χ3n) is 3.83. The van der Waals surface area contributed by atoms with Crippen molar-refractivity contribution in [3.05, 3.63) is 54.0 Å². The molecule has 1 aromatic carbocycles. The highest BCUT2D eigenvalue weighted by molar-refractivity contribution is 5.68. The average Bonchev–Trinajstić information content (AvgIpc) is 3.06. The van der Waals surface area contributed by atoms with Gasteiger partial charge in [-0.15, -0.1) is 0 Å². The highest BCUT2D eigenvalue weighted by atomic mass is 16.6. The maximum Gasteiger partial charge on any atom is 0.410 e. The van der Waals surface area contributed by atoms with Gasteiger partial charge in [0.25, 0.3) is 0 Å². The standard InChI is InChI=1S/C20H28N2O3/c1-6-22(19(23)25-20(3,4)5)13-16-9-7-8-10-18(16)21-15(2)17-11-12-24-14-17/h7-12,14-15,21H,6,13H2,1-5H3. The smallest absolute Gasteiger partial charge is 0.410 e. The van der Waals surface area contributed by atoms with Crippen LogP contribution in [0.15, 0.2) is 47.3 Å². The second-order valence-electron chi connectivity index (χ2n) is 7.07. The minimum atomic E-state index is -0.502. The van der Waals surface area contributed by atoms with Crippen LogP contribution < -0.4 is 5.32 Å². The zero-order valence-corrected chi connectivity index (χ0v) is 15.7. The quantitative estimate of drug-likeness (QED) is 0.781. The molecule has 2 aromatic rings. The largest absolute Gasteiger partial charge is 0.472 e. The fourth-order valence-corrected chi connectivity index (χ4v) is 2.47. The first-order valence-corrected chi connectivity index (χ1v) is 8.64. The molecule has 0 aliphatic heterocycles. The van der Waals surface area contributed by atoms with Gasteiger partial charge in [-0.1, -0.05) is 18.2 Å². The van der Waals surface area contributed by atoms with E-state index in [1.807, 2.05) is 58.0 Å². The zero-order valence-electron chi connectivity index (χ0n) is 15.7. The zero-order chi connectivity index (χ0) is 18.4. The number of hydrogen-bond donors (Lipinski definition) is 1. The molecule has 0 saturated carbocycles. The Labute approximate surface area is 150 Å². The molecule has 136 valence electrons. The van der Waals surface area contributed by atoms with Gasteiger partial charge in [0.2, 0.25) is 0 Å². The summed E-state index contributed by atoms with van der Waals surface area (Å²) in [7, 11) is 0. The lowest BCUT2D eigenvalue weighted by atomic mass is 10.1. The van der Waals surface area contributed by atoms with Crippen molar-refractivity contribution in [2.24, 2.45) is 0 Å². The molecule has 5 nitrogen and oxygen atoms in total. The number of amides is 1. The number of carbonyl (C=O) groups is 1. The average molecular weight is 344 g/mol. The van der Waals surface area contributed by atoms with E-state index in [-0.39, 0.29) is 12.1 Å². The maximum atomic E-state index is 12.4. The Morgan fingerprint density at radius 1 is 1.28 bits per heavy atom. The fraction of sp³-hybridized carbons (Fsp3) is 0.450. The molecule has 0 aliphatic rings. The van der Waals surface area contributed by atoms with Gasteiger partial charge in [-0.05, 0) is 52.3 Å².